The van der Waals surface area contributed by atoms with Gasteiger partial charge in [0.05, 0.1) is 0 Å². The highest BCUT2D eigenvalue weighted by molar-refractivity contribution is 6.12. The summed E-state index contributed by atoms with van der Waals surface area (Å²) >= 11 is 0. The molecule has 0 bridgehead atoms. The van der Waals surface area contributed by atoms with Crippen LogP contribution in [0.3, 0.4) is 0 Å². The predicted octanol–water partition coefficient (Wildman–Crippen LogP) is 15.1. The van der Waals surface area contributed by atoms with Gasteiger partial charge < -0.3 is 4.42 Å². The topological polar surface area (TPSA) is 51.8 Å². The lowest BCUT2D eigenvalue weighted by Gasteiger charge is -2.15. The van der Waals surface area contributed by atoms with Crippen molar-refractivity contribution in [3.63, 3.8) is 0 Å². The quantitative estimate of drug-likeness (QED) is 0.153. The van der Waals surface area contributed by atoms with E-state index >= 15 is 0 Å². The summed E-state index contributed by atoms with van der Waals surface area (Å²) < 4.78 is 6.88. The van der Waals surface area contributed by atoms with Crippen LogP contribution in [0.4, 0.5) is 0 Å². The van der Waals surface area contributed by atoms with Crippen molar-refractivity contribution in [1.29, 1.82) is 0 Å². The Morgan fingerprint density at radius 1 is 0.349 bits per heavy atom. The normalized spacial score (nSPS) is 13.0. The van der Waals surface area contributed by atoms with E-state index in [9.17, 15) is 0 Å². The Kier molecular flexibility index (Phi) is 8.93. The highest BCUT2D eigenvalue weighted by Crippen LogP contribution is 2.48. The Balaban J connectivity index is 0.966. The number of nitrogens with zero attached hydrogens (tertiary/aromatic N) is 3. The molecular formula is C59H39N3O. The van der Waals surface area contributed by atoms with E-state index in [1.54, 1.807) is 0 Å². The van der Waals surface area contributed by atoms with Crippen LogP contribution in [0.15, 0.2) is 223 Å². The van der Waals surface area contributed by atoms with Gasteiger partial charge >= 0.3 is 0 Å². The SMILES string of the molecule is c1ccc(-c2ccc(-c3nc(-c4ccc(-c5ccccc5)cc4)nc(-c4cccc5oc6c(CC7c8ccccc8-c8cc(-c9ccccc9)ccc87)cccc6c45)n3)cc2)cc1. The van der Waals surface area contributed by atoms with E-state index in [1.165, 1.54) is 38.9 Å². The maximum atomic E-state index is 6.88. The van der Waals surface area contributed by atoms with Gasteiger partial charge in [-0.05, 0) is 79.8 Å². The van der Waals surface area contributed by atoms with Gasteiger partial charge in [-0.2, -0.15) is 0 Å². The third kappa shape index (κ3) is 6.61. The van der Waals surface area contributed by atoms with Gasteiger partial charge in [-0.15, -0.1) is 0 Å². The number of furan rings is 1. The molecular weight excluding hydrogens is 767 g/mol. The van der Waals surface area contributed by atoms with Crippen molar-refractivity contribution in [2.45, 2.75) is 12.3 Å². The predicted molar refractivity (Wildman–Crippen MR) is 257 cm³/mol. The second-order valence-corrected chi connectivity index (χ2v) is 16.3. The van der Waals surface area contributed by atoms with Gasteiger partial charge in [0.2, 0.25) is 0 Å². The van der Waals surface area contributed by atoms with Crippen molar-refractivity contribution in [1.82, 2.24) is 15.0 Å². The maximum Gasteiger partial charge on any atom is 0.164 e. The minimum Gasteiger partial charge on any atom is -0.456 e. The Morgan fingerprint density at radius 2 is 0.825 bits per heavy atom. The molecule has 11 aromatic rings. The minimum atomic E-state index is 0.189. The molecule has 1 atom stereocenters. The standard InChI is InChI=1S/C59H39N3O/c1-4-14-38(15-5-1)41-26-30-43(31-27-41)57-60-58(44-32-28-42(29-33-44)39-16-6-2-7-17-39)62-59(61-57)51-24-13-25-54-55(51)50-23-12-20-46(56(50)63-54)37-53-48-22-11-10-21-47(48)52-36-45(34-35-49(52)53)40-18-8-3-9-19-40/h1-36,53H,37H2. The van der Waals surface area contributed by atoms with Gasteiger partial charge in [-0.3, -0.25) is 0 Å². The summed E-state index contributed by atoms with van der Waals surface area (Å²) in [6.07, 6.45) is 0.805. The lowest BCUT2D eigenvalue weighted by molar-refractivity contribution is 0.659. The fraction of sp³-hybridized carbons (Fsp3) is 0.0339. The monoisotopic (exact) mass is 805 g/mol. The number of rotatable bonds is 8. The highest BCUT2D eigenvalue weighted by atomic mass is 16.3. The number of hydrogen-bond donors (Lipinski definition) is 0. The fourth-order valence-electron chi connectivity index (χ4n) is 9.45. The molecule has 0 amide bonds. The average molecular weight is 806 g/mol. The molecule has 4 nitrogen and oxygen atoms in total. The van der Waals surface area contributed by atoms with E-state index in [2.05, 4.69) is 200 Å². The molecule has 63 heavy (non-hydrogen) atoms. The fourth-order valence-corrected chi connectivity index (χ4v) is 9.45. The Bertz CT molecular complexity index is 3350. The lowest BCUT2D eigenvalue weighted by atomic mass is 9.89. The highest BCUT2D eigenvalue weighted by Gasteiger charge is 2.30. The zero-order chi connectivity index (χ0) is 41.7. The number of hydrogen-bond acceptors (Lipinski definition) is 4. The van der Waals surface area contributed by atoms with Gasteiger partial charge in [0.15, 0.2) is 17.5 Å². The molecule has 0 radical (unpaired) electrons. The average Bonchev–Trinajstić information content (AvgIpc) is 3.91. The molecule has 12 rings (SSSR count). The van der Waals surface area contributed by atoms with Gasteiger partial charge in [-0.1, -0.05) is 206 Å². The smallest absolute Gasteiger partial charge is 0.164 e. The molecule has 2 aromatic heterocycles. The summed E-state index contributed by atoms with van der Waals surface area (Å²) in [6, 6.07) is 77.0. The van der Waals surface area contributed by atoms with Gasteiger partial charge in [0, 0.05) is 33.4 Å². The number of fused-ring (bicyclic) bond motifs is 6. The summed E-state index contributed by atoms with van der Waals surface area (Å²) in [7, 11) is 0. The molecule has 1 aliphatic carbocycles. The molecule has 4 heteroatoms. The number of para-hydroxylation sites is 1. The molecule has 0 N–H and O–H groups in total. The van der Waals surface area contributed by atoms with Crippen molar-refractivity contribution in [2.24, 2.45) is 0 Å². The van der Waals surface area contributed by atoms with Crippen LogP contribution in [0.1, 0.15) is 22.6 Å². The first-order valence-electron chi connectivity index (χ1n) is 21.5. The summed E-state index contributed by atoms with van der Waals surface area (Å²) in [5.41, 5.74) is 18.0. The molecule has 0 spiro atoms. The summed E-state index contributed by atoms with van der Waals surface area (Å²) in [4.78, 5) is 15.6. The van der Waals surface area contributed by atoms with E-state index in [-0.39, 0.29) is 5.92 Å². The zero-order valence-electron chi connectivity index (χ0n) is 34.3. The van der Waals surface area contributed by atoms with E-state index in [0.29, 0.717) is 17.5 Å². The molecule has 0 saturated heterocycles. The van der Waals surface area contributed by atoms with E-state index in [4.69, 9.17) is 19.4 Å². The first-order chi connectivity index (χ1) is 31.2. The van der Waals surface area contributed by atoms with Crippen LogP contribution in [0.2, 0.25) is 0 Å². The molecule has 1 unspecified atom stereocenters. The summed E-state index contributed by atoms with van der Waals surface area (Å²) in [5.74, 6) is 2.01. The largest absolute Gasteiger partial charge is 0.456 e. The van der Waals surface area contributed by atoms with Crippen molar-refractivity contribution in [3.05, 3.63) is 235 Å². The van der Waals surface area contributed by atoms with Crippen LogP contribution >= 0.6 is 0 Å². The van der Waals surface area contributed by atoms with Crippen molar-refractivity contribution >= 4 is 21.9 Å². The molecule has 0 saturated carbocycles. The zero-order valence-corrected chi connectivity index (χ0v) is 34.3. The van der Waals surface area contributed by atoms with Gasteiger partial charge in [-0.25, -0.2) is 15.0 Å². The van der Waals surface area contributed by atoms with Crippen molar-refractivity contribution in [3.8, 4) is 78.7 Å². The summed E-state index contributed by atoms with van der Waals surface area (Å²) in [6.45, 7) is 0. The second kappa shape index (κ2) is 15.4. The Morgan fingerprint density at radius 3 is 1.46 bits per heavy atom. The van der Waals surface area contributed by atoms with Crippen LogP contribution in [-0.4, -0.2) is 15.0 Å². The third-order valence-electron chi connectivity index (χ3n) is 12.6. The Labute approximate surface area is 365 Å². The molecule has 0 fully saturated rings. The third-order valence-corrected chi connectivity index (χ3v) is 12.6. The summed E-state index contributed by atoms with van der Waals surface area (Å²) in [5, 5.41) is 2.04. The molecule has 296 valence electrons. The molecule has 2 heterocycles. The van der Waals surface area contributed by atoms with Gasteiger partial charge in [0.25, 0.3) is 0 Å². The maximum absolute atomic E-state index is 6.88. The minimum absolute atomic E-state index is 0.189. The van der Waals surface area contributed by atoms with Crippen molar-refractivity contribution in [2.75, 3.05) is 0 Å². The molecule has 0 aliphatic heterocycles. The van der Waals surface area contributed by atoms with E-state index in [0.717, 1.165) is 67.3 Å². The van der Waals surface area contributed by atoms with Crippen LogP contribution < -0.4 is 0 Å². The van der Waals surface area contributed by atoms with Crippen molar-refractivity contribution < 1.29 is 4.42 Å². The van der Waals surface area contributed by atoms with Crippen LogP contribution in [0.25, 0.3) is 101 Å². The first kappa shape index (κ1) is 36.6. The lowest BCUT2D eigenvalue weighted by Crippen LogP contribution is -2.02. The Hall–Kier alpha value is -8.21. The second-order valence-electron chi connectivity index (χ2n) is 16.3. The molecule has 9 aromatic carbocycles. The van der Waals surface area contributed by atoms with Crippen LogP contribution in [0, 0.1) is 0 Å². The number of benzene rings is 9. The van der Waals surface area contributed by atoms with Crippen LogP contribution in [0.5, 0.6) is 0 Å². The first-order valence-corrected chi connectivity index (χ1v) is 21.5. The van der Waals surface area contributed by atoms with E-state index in [1.807, 2.05) is 18.2 Å². The van der Waals surface area contributed by atoms with E-state index < -0.39 is 0 Å². The van der Waals surface area contributed by atoms with Gasteiger partial charge in [0.1, 0.15) is 11.2 Å². The number of aromatic nitrogens is 3. The van der Waals surface area contributed by atoms with Crippen LogP contribution in [-0.2, 0) is 6.42 Å². The molecule has 1 aliphatic rings.